The molecule has 1 atom stereocenters. The standard InChI is InChI=1S/C30H64N3O5P/c1-7-8-9-10-11-12-13-14-15-16-17-18-19-20-21-22-23-24-25-32(30(34)31(2)3)26-28-37-39(35,36)38-29-27-33(4,5)6/h7-29H2,1-6H3. The van der Waals surface area contributed by atoms with Crippen LogP contribution in [0.2, 0.25) is 0 Å². The van der Waals surface area contributed by atoms with Gasteiger partial charge in [0.2, 0.25) is 0 Å². The molecule has 1 unspecified atom stereocenters. The lowest BCUT2D eigenvalue weighted by Crippen LogP contribution is -2.41. The van der Waals surface area contributed by atoms with Crippen molar-refractivity contribution in [3.63, 3.8) is 0 Å². The van der Waals surface area contributed by atoms with Gasteiger partial charge in [-0.2, -0.15) is 0 Å². The van der Waals surface area contributed by atoms with Gasteiger partial charge in [0.05, 0.1) is 27.7 Å². The van der Waals surface area contributed by atoms with Gasteiger partial charge in [0.15, 0.2) is 0 Å². The van der Waals surface area contributed by atoms with Gasteiger partial charge in [-0.05, 0) is 6.42 Å². The van der Waals surface area contributed by atoms with E-state index < -0.39 is 7.82 Å². The van der Waals surface area contributed by atoms with Crippen molar-refractivity contribution in [2.24, 2.45) is 0 Å². The zero-order chi connectivity index (χ0) is 29.4. The Labute approximate surface area is 242 Å². The molecule has 2 amide bonds. The average molecular weight is 578 g/mol. The number of hydrogen-bond acceptors (Lipinski definition) is 5. The lowest BCUT2D eigenvalue weighted by Gasteiger charge is -2.29. The molecule has 0 aliphatic rings. The predicted octanol–water partition coefficient (Wildman–Crippen LogP) is 7.22. The van der Waals surface area contributed by atoms with Crippen LogP contribution in [0.4, 0.5) is 4.79 Å². The highest BCUT2D eigenvalue weighted by Gasteiger charge is 2.18. The van der Waals surface area contributed by atoms with Crippen molar-refractivity contribution in [2.75, 3.05) is 68.1 Å². The second-order valence-corrected chi connectivity index (χ2v) is 13.7. The Morgan fingerprint density at radius 3 is 1.44 bits per heavy atom. The molecule has 0 N–H and O–H groups in total. The number of urea groups is 1. The fraction of sp³-hybridized carbons (Fsp3) is 0.967. The molecule has 0 aromatic rings. The summed E-state index contributed by atoms with van der Waals surface area (Å²) in [6, 6.07) is -0.128. The number of rotatable bonds is 27. The first-order chi connectivity index (χ1) is 18.5. The minimum absolute atomic E-state index is 0.0733. The highest BCUT2D eigenvalue weighted by Crippen LogP contribution is 2.37. The van der Waals surface area contributed by atoms with Crippen LogP contribution >= 0.6 is 7.82 Å². The number of unbranched alkanes of at least 4 members (excludes halogenated alkanes) is 17. The summed E-state index contributed by atoms with van der Waals surface area (Å²) in [6.45, 7) is 3.64. The number of likely N-dealkylation sites (N-methyl/N-ethyl adjacent to an activating group) is 1. The summed E-state index contributed by atoms with van der Waals surface area (Å²) in [7, 11) is 4.94. The van der Waals surface area contributed by atoms with Gasteiger partial charge in [0.25, 0.3) is 7.82 Å². The molecule has 0 aliphatic carbocycles. The minimum atomic E-state index is -4.37. The maximum atomic E-state index is 12.5. The zero-order valence-corrected chi connectivity index (χ0v) is 27.5. The summed E-state index contributed by atoms with van der Waals surface area (Å²) in [4.78, 5) is 27.7. The molecule has 0 heterocycles. The van der Waals surface area contributed by atoms with Crippen LogP contribution in [-0.2, 0) is 13.6 Å². The van der Waals surface area contributed by atoms with Crippen LogP contribution in [0, 0.1) is 0 Å². The Hall–Kier alpha value is -0.660. The largest absolute Gasteiger partial charge is 0.756 e. The van der Waals surface area contributed by atoms with E-state index in [0.717, 1.165) is 12.8 Å². The van der Waals surface area contributed by atoms with Crippen molar-refractivity contribution in [1.82, 2.24) is 9.80 Å². The van der Waals surface area contributed by atoms with Crippen LogP contribution in [0.5, 0.6) is 0 Å². The first-order valence-corrected chi connectivity index (χ1v) is 17.3. The van der Waals surface area contributed by atoms with Crippen LogP contribution < -0.4 is 4.89 Å². The number of quaternary nitrogens is 1. The van der Waals surface area contributed by atoms with E-state index in [0.29, 0.717) is 17.6 Å². The SMILES string of the molecule is CCCCCCCCCCCCCCCCCCCCN(CCOP(=O)([O-])OCC[N+](C)(C)C)C(=O)N(C)C. The van der Waals surface area contributed by atoms with Gasteiger partial charge in [0, 0.05) is 27.2 Å². The summed E-state index contributed by atoms with van der Waals surface area (Å²) in [5, 5.41) is 0. The Kier molecular flexibility index (Phi) is 23.6. The molecule has 234 valence electrons. The molecule has 0 bridgehead atoms. The molecule has 0 spiro atoms. The molecule has 39 heavy (non-hydrogen) atoms. The summed E-state index contributed by atoms with van der Waals surface area (Å²) >= 11 is 0. The number of phosphoric ester groups is 1. The molecule has 0 aromatic carbocycles. The third kappa shape index (κ3) is 26.0. The van der Waals surface area contributed by atoms with Gasteiger partial charge in [-0.3, -0.25) is 4.57 Å². The molecule has 0 aliphatic heterocycles. The van der Waals surface area contributed by atoms with Crippen molar-refractivity contribution in [2.45, 2.75) is 122 Å². The van der Waals surface area contributed by atoms with Gasteiger partial charge in [-0.15, -0.1) is 0 Å². The lowest BCUT2D eigenvalue weighted by atomic mass is 10.0. The quantitative estimate of drug-likeness (QED) is 0.0585. The van der Waals surface area contributed by atoms with E-state index in [1.807, 2.05) is 21.1 Å². The van der Waals surface area contributed by atoms with E-state index in [4.69, 9.17) is 9.05 Å². The van der Waals surface area contributed by atoms with Gasteiger partial charge in [0.1, 0.15) is 13.2 Å². The minimum Gasteiger partial charge on any atom is -0.756 e. The Balaban J connectivity index is 3.83. The number of hydrogen-bond donors (Lipinski definition) is 0. The molecule has 0 aromatic heterocycles. The van der Waals surface area contributed by atoms with E-state index in [2.05, 4.69) is 6.92 Å². The summed E-state index contributed by atoms with van der Waals surface area (Å²) in [5.74, 6) is 0. The molecule has 0 radical (unpaired) electrons. The first kappa shape index (κ1) is 38.3. The van der Waals surface area contributed by atoms with Crippen LogP contribution in [-0.4, -0.2) is 88.4 Å². The van der Waals surface area contributed by atoms with Crippen molar-refractivity contribution in [3.05, 3.63) is 0 Å². The van der Waals surface area contributed by atoms with Gasteiger partial charge in [-0.25, -0.2) is 4.79 Å². The Morgan fingerprint density at radius 1 is 0.667 bits per heavy atom. The normalized spacial score (nSPS) is 13.4. The number of phosphoric acid groups is 1. The van der Waals surface area contributed by atoms with Crippen LogP contribution in [0.1, 0.15) is 122 Å². The van der Waals surface area contributed by atoms with E-state index in [1.54, 1.807) is 19.0 Å². The molecule has 0 rings (SSSR count). The van der Waals surface area contributed by atoms with E-state index >= 15 is 0 Å². The summed E-state index contributed by atoms with van der Waals surface area (Å²) in [5.41, 5.74) is 0. The molecule has 0 fully saturated rings. The van der Waals surface area contributed by atoms with Crippen LogP contribution in [0.3, 0.4) is 0 Å². The van der Waals surface area contributed by atoms with Crippen LogP contribution in [0.15, 0.2) is 0 Å². The lowest BCUT2D eigenvalue weighted by molar-refractivity contribution is -0.870. The maximum Gasteiger partial charge on any atom is 0.319 e. The van der Waals surface area contributed by atoms with E-state index in [1.165, 1.54) is 108 Å². The maximum absolute atomic E-state index is 12.5. The number of carbonyl (C=O) groups excluding carboxylic acids is 1. The van der Waals surface area contributed by atoms with E-state index in [-0.39, 0.29) is 25.8 Å². The average Bonchev–Trinajstić information content (AvgIpc) is 2.85. The van der Waals surface area contributed by atoms with Gasteiger partial charge >= 0.3 is 6.03 Å². The Bertz CT molecular complexity index is 628. The van der Waals surface area contributed by atoms with Crippen molar-refractivity contribution in [3.8, 4) is 0 Å². The topological polar surface area (TPSA) is 82.1 Å². The molecule has 0 saturated carbocycles. The first-order valence-electron chi connectivity index (χ1n) is 15.9. The van der Waals surface area contributed by atoms with Gasteiger partial charge < -0.3 is 28.2 Å². The summed E-state index contributed by atoms with van der Waals surface area (Å²) < 4.78 is 22.5. The van der Waals surface area contributed by atoms with Crippen molar-refractivity contribution in [1.29, 1.82) is 0 Å². The molecular formula is C30H64N3O5P. The van der Waals surface area contributed by atoms with E-state index in [9.17, 15) is 14.3 Å². The smallest absolute Gasteiger partial charge is 0.319 e. The van der Waals surface area contributed by atoms with Crippen molar-refractivity contribution >= 4 is 13.9 Å². The Morgan fingerprint density at radius 2 is 1.05 bits per heavy atom. The number of carbonyl (C=O) groups is 1. The molecule has 0 saturated heterocycles. The second kappa shape index (κ2) is 24.0. The van der Waals surface area contributed by atoms with Gasteiger partial charge in [-0.1, -0.05) is 116 Å². The highest BCUT2D eigenvalue weighted by atomic mass is 31.2. The molecular weight excluding hydrogens is 513 g/mol. The zero-order valence-electron chi connectivity index (χ0n) is 26.6. The molecule has 8 nitrogen and oxygen atoms in total. The molecule has 9 heteroatoms. The monoisotopic (exact) mass is 577 g/mol. The summed E-state index contributed by atoms with van der Waals surface area (Å²) in [6.07, 6.45) is 23.8. The van der Waals surface area contributed by atoms with Crippen molar-refractivity contribution < 1.29 is 27.8 Å². The number of nitrogens with zero attached hydrogens (tertiary/aromatic N) is 3. The predicted molar refractivity (Wildman–Crippen MR) is 162 cm³/mol. The van der Waals surface area contributed by atoms with Crippen LogP contribution in [0.25, 0.3) is 0 Å². The fourth-order valence-corrected chi connectivity index (χ4v) is 5.20. The third-order valence-corrected chi connectivity index (χ3v) is 8.05. The second-order valence-electron chi connectivity index (χ2n) is 12.3. The third-order valence-electron chi connectivity index (χ3n) is 7.06. The highest BCUT2D eigenvalue weighted by molar-refractivity contribution is 7.45. The number of amides is 2. The fourth-order valence-electron chi connectivity index (χ4n) is 4.52.